The Kier molecular flexibility index (Phi) is 4.23. The molecule has 3 heteroatoms. The lowest BCUT2D eigenvalue weighted by Gasteiger charge is -2.27. The summed E-state index contributed by atoms with van der Waals surface area (Å²) in [6.07, 6.45) is 0. The molecule has 0 atom stereocenters. The zero-order valence-corrected chi connectivity index (χ0v) is 20.0. The van der Waals surface area contributed by atoms with E-state index in [2.05, 4.69) is 125 Å². The molecule has 0 bridgehead atoms. The molecule has 0 fully saturated rings. The van der Waals surface area contributed by atoms with Crippen molar-refractivity contribution in [3.63, 3.8) is 0 Å². The van der Waals surface area contributed by atoms with Gasteiger partial charge in [-0.1, -0.05) is 78.9 Å². The van der Waals surface area contributed by atoms with Gasteiger partial charge in [0, 0.05) is 55.4 Å². The number of rotatable bonds is 3. The van der Waals surface area contributed by atoms with Crippen LogP contribution in [0, 0.1) is 0 Å². The van der Waals surface area contributed by atoms with Crippen molar-refractivity contribution in [2.45, 2.75) is 0 Å². The molecule has 0 saturated heterocycles. The van der Waals surface area contributed by atoms with Crippen LogP contribution in [0.4, 0.5) is 17.1 Å². The van der Waals surface area contributed by atoms with Gasteiger partial charge < -0.3 is 14.3 Å². The minimum absolute atomic E-state index is 0.885. The molecule has 8 rings (SSSR count). The van der Waals surface area contributed by atoms with Crippen LogP contribution in [0.3, 0.4) is 0 Å². The molecule has 3 nitrogen and oxygen atoms in total. The molecule has 0 aliphatic heterocycles. The summed E-state index contributed by atoms with van der Waals surface area (Å²) < 4.78 is 6.28. The van der Waals surface area contributed by atoms with Gasteiger partial charge >= 0.3 is 0 Å². The van der Waals surface area contributed by atoms with Crippen LogP contribution in [0.2, 0.25) is 0 Å². The number of benzene rings is 6. The van der Waals surface area contributed by atoms with Gasteiger partial charge in [0.25, 0.3) is 0 Å². The van der Waals surface area contributed by atoms with Gasteiger partial charge in [0.05, 0.1) is 5.69 Å². The number of aromatic nitrogens is 1. The minimum Gasteiger partial charge on any atom is -0.456 e. The molecule has 174 valence electrons. The lowest BCUT2D eigenvalue weighted by Crippen LogP contribution is -2.10. The Balaban J connectivity index is 1.40. The number of fused-ring (bicyclic) bond motifs is 7. The van der Waals surface area contributed by atoms with E-state index in [-0.39, 0.29) is 0 Å². The van der Waals surface area contributed by atoms with E-state index in [0.29, 0.717) is 0 Å². The molecule has 8 aromatic rings. The highest BCUT2D eigenvalue weighted by molar-refractivity contribution is 6.10. The number of anilines is 3. The SMILES string of the molecule is c1ccc2c(N(c3ccc4c(c3)[nH]c3ccccc34)c3ccc4c(c3)oc3ccccc34)cccc2c1. The minimum atomic E-state index is 0.885. The number of para-hydroxylation sites is 2. The summed E-state index contributed by atoms with van der Waals surface area (Å²) >= 11 is 0. The average molecular weight is 475 g/mol. The van der Waals surface area contributed by atoms with Crippen LogP contribution < -0.4 is 4.90 Å². The number of nitrogens with one attached hydrogen (secondary N) is 1. The third-order valence-electron chi connectivity index (χ3n) is 7.38. The second kappa shape index (κ2) is 7.74. The normalized spacial score (nSPS) is 11.8. The molecule has 2 aromatic heterocycles. The summed E-state index contributed by atoms with van der Waals surface area (Å²) in [7, 11) is 0. The van der Waals surface area contributed by atoms with Crippen molar-refractivity contribution < 1.29 is 4.42 Å². The van der Waals surface area contributed by atoms with Gasteiger partial charge in [0.1, 0.15) is 11.2 Å². The van der Waals surface area contributed by atoms with Crippen LogP contribution in [0.1, 0.15) is 0 Å². The second-order valence-corrected chi connectivity index (χ2v) is 9.51. The van der Waals surface area contributed by atoms with E-state index in [4.69, 9.17) is 4.42 Å². The van der Waals surface area contributed by atoms with Gasteiger partial charge in [-0.3, -0.25) is 0 Å². The number of aromatic amines is 1. The zero-order valence-electron chi connectivity index (χ0n) is 20.0. The smallest absolute Gasteiger partial charge is 0.137 e. The monoisotopic (exact) mass is 474 g/mol. The van der Waals surface area contributed by atoms with Crippen molar-refractivity contribution in [1.82, 2.24) is 4.98 Å². The fourth-order valence-electron chi connectivity index (χ4n) is 5.67. The Morgan fingerprint density at radius 3 is 2.03 bits per heavy atom. The van der Waals surface area contributed by atoms with Gasteiger partial charge in [-0.2, -0.15) is 0 Å². The second-order valence-electron chi connectivity index (χ2n) is 9.51. The Hall–Kier alpha value is -5.02. The number of hydrogen-bond donors (Lipinski definition) is 1. The highest BCUT2D eigenvalue weighted by Gasteiger charge is 2.18. The lowest BCUT2D eigenvalue weighted by atomic mass is 10.1. The van der Waals surface area contributed by atoms with E-state index in [0.717, 1.165) is 50.0 Å². The fourth-order valence-corrected chi connectivity index (χ4v) is 5.67. The predicted octanol–water partition coefficient (Wildman–Crippen LogP) is 9.84. The molecular formula is C34H22N2O. The maximum Gasteiger partial charge on any atom is 0.137 e. The summed E-state index contributed by atoms with van der Waals surface area (Å²) in [6.45, 7) is 0. The molecule has 0 amide bonds. The lowest BCUT2D eigenvalue weighted by molar-refractivity contribution is 0.669. The molecular weight excluding hydrogens is 452 g/mol. The standard InChI is InChI=1S/C34H22N2O/c1-2-10-25-22(8-1)9-7-14-32(25)36(23-16-18-27-26-11-3-5-13-30(26)35-31(27)20-23)24-17-19-29-28-12-4-6-15-33(28)37-34(29)21-24/h1-21,35H. The first kappa shape index (κ1) is 20.2. The molecule has 1 N–H and O–H groups in total. The molecule has 6 aromatic carbocycles. The Morgan fingerprint density at radius 1 is 0.459 bits per heavy atom. The Bertz CT molecular complexity index is 2000. The zero-order chi connectivity index (χ0) is 24.3. The van der Waals surface area contributed by atoms with E-state index >= 15 is 0 Å². The quantitative estimate of drug-likeness (QED) is 0.276. The van der Waals surface area contributed by atoms with Gasteiger partial charge in [0.15, 0.2) is 0 Å². The van der Waals surface area contributed by atoms with Crippen LogP contribution in [0.25, 0.3) is 54.5 Å². The van der Waals surface area contributed by atoms with Gasteiger partial charge in [-0.15, -0.1) is 0 Å². The van der Waals surface area contributed by atoms with Crippen LogP contribution in [0.15, 0.2) is 132 Å². The van der Waals surface area contributed by atoms with E-state index in [1.165, 1.54) is 21.5 Å². The Labute approximate surface area is 213 Å². The van der Waals surface area contributed by atoms with Gasteiger partial charge in [-0.25, -0.2) is 0 Å². The number of hydrogen-bond acceptors (Lipinski definition) is 2. The largest absolute Gasteiger partial charge is 0.456 e. The first-order valence-corrected chi connectivity index (χ1v) is 12.5. The van der Waals surface area contributed by atoms with Crippen molar-refractivity contribution >= 4 is 71.6 Å². The number of nitrogens with zero attached hydrogens (tertiary/aromatic N) is 1. The van der Waals surface area contributed by atoms with Crippen LogP contribution in [-0.2, 0) is 0 Å². The predicted molar refractivity (Wildman–Crippen MR) is 155 cm³/mol. The third kappa shape index (κ3) is 3.08. The highest BCUT2D eigenvalue weighted by Crippen LogP contribution is 2.42. The molecule has 0 saturated carbocycles. The van der Waals surface area contributed by atoms with Crippen LogP contribution in [0.5, 0.6) is 0 Å². The van der Waals surface area contributed by atoms with Crippen molar-refractivity contribution in [3.05, 3.63) is 127 Å². The molecule has 0 spiro atoms. The summed E-state index contributed by atoms with van der Waals surface area (Å²) in [5.41, 5.74) is 7.33. The van der Waals surface area contributed by atoms with Crippen molar-refractivity contribution in [2.24, 2.45) is 0 Å². The summed E-state index contributed by atoms with van der Waals surface area (Å²) in [5, 5.41) is 7.14. The van der Waals surface area contributed by atoms with E-state index in [1.54, 1.807) is 0 Å². The molecule has 0 unspecified atom stereocenters. The van der Waals surface area contributed by atoms with Crippen LogP contribution >= 0.6 is 0 Å². The highest BCUT2D eigenvalue weighted by atomic mass is 16.3. The first-order valence-electron chi connectivity index (χ1n) is 12.5. The maximum absolute atomic E-state index is 6.28. The number of H-pyrrole nitrogens is 1. The molecule has 0 radical (unpaired) electrons. The van der Waals surface area contributed by atoms with Crippen LogP contribution in [-0.4, -0.2) is 4.98 Å². The topological polar surface area (TPSA) is 32.2 Å². The van der Waals surface area contributed by atoms with Gasteiger partial charge in [0.2, 0.25) is 0 Å². The molecule has 37 heavy (non-hydrogen) atoms. The van der Waals surface area contributed by atoms with Crippen molar-refractivity contribution in [3.8, 4) is 0 Å². The summed E-state index contributed by atoms with van der Waals surface area (Å²) in [5.74, 6) is 0. The maximum atomic E-state index is 6.28. The third-order valence-corrected chi connectivity index (χ3v) is 7.38. The average Bonchev–Trinajstić information content (AvgIpc) is 3.51. The molecule has 0 aliphatic carbocycles. The summed E-state index contributed by atoms with van der Waals surface area (Å²) in [6, 6.07) is 45.0. The van der Waals surface area contributed by atoms with Crippen molar-refractivity contribution in [2.75, 3.05) is 4.90 Å². The van der Waals surface area contributed by atoms with E-state index in [1.807, 2.05) is 12.1 Å². The first-order chi connectivity index (χ1) is 18.3. The van der Waals surface area contributed by atoms with E-state index in [9.17, 15) is 0 Å². The van der Waals surface area contributed by atoms with Gasteiger partial charge in [-0.05, 0) is 47.9 Å². The van der Waals surface area contributed by atoms with Crippen molar-refractivity contribution in [1.29, 1.82) is 0 Å². The number of furan rings is 1. The van der Waals surface area contributed by atoms with E-state index < -0.39 is 0 Å². The molecule has 0 aliphatic rings. The molecule has 2 heterocycles. The fraction of sp³-hybridized carbons (Fsp3) is 0. The summed E-state index contributed by atoms with van der Waals surface area (Å²) in [4.78, 5) is 5.95. The Morgan fingerprint density at radius 2 is 1.11 bits per heavy atom.